The van der Waals surface area contributed by atoms with Crippen LogP contribution in [-0.2, 0) is 22.7 Å². The van der Waals surface area contributed by atoms with Gasteiger partial charge in [-0.15, -0.1) is 0 Å². The predicted molar refractivity (Wildman–Crippen MR) is 178 cm³/mol. The maximum atomic E-state index is 11.8. The second kappa shape index (κ2) is 15.4. The monoisotopic (exact) mass is 617 g/mol. The Hall–Kier alpha value is -4.85. The van der Waals surface area contributed by atoms with Crippen molar-refractivity contribution in [3.8, 4) is 11.5 Å². The quantitative estimate of drug-likeness (QED) is 0.145. The summed E-state index contributed by atoms with van der Waals surface area (Å²) in [5, 5.41) is 12.0. The number of para-hydroxylation sites is 1. The zero-order valence-electron chi connectivity index (χ0n) is 25.7. The van der Waals surface area contributed by atoms with E-state index in [2.05, 4.69) is 42.5 Å². The number of amides is 1. The molecule has 1 aliphatic rings. The summed E-state index contributed by atoms with van der Waals surface area (Å²) in [6.07, 6.45) is -0.787. The van der Waals surface area contributed by atoms with Gasteiger partial charge in [0.15, 0.2) is 0 Å². The number of likely N-dealkylation sites (tertiary alicyclic amines) is 1. The highest BCUT2D eigenvalue weighted by molar-refractivity contribution is 5.82. The Labute approximate surface area is 269 Å². The molecule has 5 aromatic carbocycles. The predicted octanol–water partition coefficient (Wildman–Crippen LogP) is 7.94. The van der Waals surface area contributed by atoms with E-state index in [0.29, 0.717) is 45.9 Å². The van der Waals surface area contributed by atoms with Gasteiger partial charge >= 0.3 is 6.09 Å². The topological polar surface area (TPSA) is 77.5 Å². The lowest BCUT2D eigenvalue weighted by atomic mass is 9.87. The molecular weight excluding hydrogens is 578 g/mol. The van der Waals surface area contributed by atoms with Gasteiger partial charge in [0, 0.05) is 12.5 Å². The van der Waals surface area contributed by atoms with Crippen molar-refractivity contribution in [2.45, 2.75) is 37.8 Å². The first-order chi connectivity index (χ1) is 22.6. The smallest absolute Gasteiger partial charge is 0.407 e. The van der Waals surface area contributed by atoms with E-state index < -0.39 is 6.09 Å². The summed E-state index contributed by atoms with van der Waals surface area (Å²) >= 11 is 0. The van der Waals surface area contributed by atoms with Crippen molar-refractivity contribution in [3.63, 3.8) is 0 Å². The van der Waals surface area contributed by atoms with Crippen LogP contribution in [0.3, 0.4) is 0 Å². The Balaban J connectivity index is 1.09. The SMILES string of the molecule is O=C(O)N1CC[C@H](c2ccc(OC[C@H](COc3ccccc3)OCc3ccccc3)cc2)[C@@H](OCc2ccc3ccccc3c2)C1. The van der Waals surface area contributed by atoms with Crippen LogP contribution >= 0.6 is 0 Å². The number of piperidine rings is 1. The Morgan fingerprint density at radius 3 is 2.09 bits per heavy atom. The van der Waals surface area contributed by atoms with Crippen LogP contribution in [-0.4, -0.2) is 54.6 Å². The molecule has 5 aromatic rings. The van der Waals surface area contributed by atoms with Crippen molar-refractivity contribution in [2.75, 3.05) is 26.3 Å². The van der Waals surface area contributed by atoms with E-state index in [1.807, 2.05) is 84.9 Å². The molecule has 1 aliphatic heterocycles. The Morgan fingerprint density at radius 1 is 0.717 bits per heavy atom. The summed E-state index contributed by atoms with van der Waals surface area (Å²) < 4.78 is 24.8. The van der Waals surface area contributed by atoms with E-state index in [4.69, 9.17) is 18.9 Å². The number of ether oxygens (including phenoxy) is 4. The lowest BCUT2D eigenvalue weighted by Gasteiger charge is -2.37. The molecule has 0 spiro atoms. The number of hydrogen-bond donors (Lipinski definition) is 1. The van der Waals surface area contributed by atoms with Crippen LogP contribution in [0.15, 0.2) is 127 Å². The van der Waals surface area contributed by atoms with Gasteiger partial charge in [-0.2, -0.15) is 0 Å². The fourth-order valence-electron chi connectivity index (χ4n) is 5.81. The highest BCUT2D eigenvalue weighted by Crippen LogP contribution is 2.32. The molecule has 46 heavy (non-hydrogen) atoms. The fraction of sp³-hybridized carbons (Fsp3) is 0.256. The van der Waals surface area contributed by atoms with Crippen LogP contribution in [0, 0.1) is 0 Å². The normalized spacial score (nSPS) is 17.0. The standard InChI is InChI=1S/C39H39NO6/c41-39(42)40-22-21-37(38(24-40)46-26-30-15-16-31-11-7-8-12-33(31)23-30)32-17-19-35(20-18-32)45-28-36(27-44-34-13-5-2-6-14-34)43-25-29-9-3-1-4-10-29/h1-20,23,36-38H,21-22,24-28H2,(H,41,42)/t36-,37+,38-/m0/s1. The zero-order chi connectivity index (χ0) is 31.6. The molecule has 7 heteroatoms. The Kier molecular flexibility index (Phi) is 10.4. The van der Waals surface area contributed by atoms with Gasteiger partial charge in [0.1, 0.15) is 30.8 Å². The lowest BCUT2D eigenvalue weighted by molar-refractivity contribution is -0.0200. The molecule has 1 fully saturated rings. The molecule has 0 unspecified atom stereocenters. The van der Waals surface area contributed by atoms with Crippen LogP contribution in [0.2, 0.25) is 0 Å². The third-order valence-electron chi connectivity index (χ3n) is 8.36. The van der Waals surface area contributed by atoms with Crippen LogP contribution in [0.1, 0.15) is 29.0 Å². The van der Waals surface area contributed by atoms with Gasteiger partial charge in [-0.05, 0) is 64.2 Å². The van der Waals surface area contributed by atoms with E-state index in [0.717, 1.165) is 33.6 Å². The molecule has 1 heterocycles. The van der Waals surface area contributed by atoms with E-state index in [9.17, 15) is 9.90 Å². The number of hydrogen-bond acceptors (Lipinski definition) is 5. The lowest BCUT2D eigenvalue weighted by Crippen LogP contribution is -2.46. The third kappa shape index (κ3) is 8.44. The molecular formula is C39H39NO6. The average molecular weight is 618 g/mol. The Morgan fingerprint density at radius 2 is 1.37 bits per heavy atom. The van der Waals surface area contributed by atoms with Crippen LogP contribution in [0.5, 0.6) is 11.5 Å². The van der Waals surface area contributed by atoms with Crippen molar-refractivity contribution in [1.82, 2.24) is 4.90 Å². The molecule has 0 aliphatic carbocycles. The van der Waals surface area contributed by atoms with Crippen LogP contribution < -0.4 is 9.47 Å². The van der Waals surface area contributed by atoms with E-state index >= 15 is 0 Å². The third-order valence-corrected chi connectivity index (χ3v) is 8.36. The van der Waals surface area contributed by atoms with E-state index in [1.165, 1.54) is 10.3 Å². The highest BCUT2D eigenvalue weighted by Gasteiger charge is 2.33. The summed E-state index contributed by atoms with van der Waals surface area (Å²) in [6, 6.07) is 42.3. The van der Waals surface area contributed by atoms with Gasteiger partial charge in [0.25, 0.3) is 0 Å². The molecule has 236 valence electrons. The number of rotatable bonds is 13. The first-order valence-electron chi connectivity index (χ1n) is 15.7. The number of nitrogens with zero attached hydrogens (tertiary/aromatic N) is 1. The first kappa shape index (κ1) is 31.1. The minimum absolute atomic E-state index is 0.0614. The molecule has 0 saturated carbocycles. The zero-order valence-corrected chi connectivity index (χ0v) is 25.7. The second-order valence-corrected chi connectivity index (χ2v) is 11.6. The largest absolute Gasteiger partial charge is 0.491 e. The van der Waals surface area contributed by atoms with E-state index in [1.54, 1.807) is 0 Å². The molecule has 0 radical (unpaired) electrons. The molecule has 6 rings (SSSR count). The molecule has 1 N–H and O–H groups in total. The number of carboxylic acid groups (broad SMARTS) is 1. The fourth-order valence-corrected chi connectivity index (χ4v) is 5.81. The first-order valence-corrected chi connectivity index (χ1v) is 15.7. The van der Waals surface area contributed by atoms with Gasteiger partial charge in [-0.1, -0.05) is 97.1 Å². The van der Waals surface area contributed by atoms with Gasteiger partial charge in [-0.25, -0.2) is 4.79 Å². The number of carbonyl (C=O) groups is 1. The summed E-state index contributed by atoms with van der Waals surface area (Å²) in [4.78, 5) is 13.3. The van der Waals surface area contributed by atoms with Gasteiger partial charge in [0.2, 0.25) is 0 Å². The maximum Gasteiger partial charge on any atom is 0.407 e. The Bertz CT molecular complexity index is 1630. The average Bonchev–Trinajstić information content (AvgIpc) is 3.11. The molecule has 7 nitrogen and oxygen atoms in total. The van der Waals surface area contributed by atoms with E-state index in [-0.39, 0.29) is 18.1 Å². The molecule has 0 bridgehead atoms. The second-order valence-electron chi connectivity index (χ2n) is 11.6. The van der Waals surface area contributed by atoms with Crippen molar-refractivity contribution in [2.24, 2.45) is 0 Å². The number of fused-ring (bicyclic) bond motifs is 1. The number of benzene rings is 5. The molecule has 0 aromatic heterocycles. The van der Waals surface area contributed by atoms with Crippen LogP contribution in [0.4, 0.5) is 4.79 Å². The van der Waals surface area contributed by atoms with Gasteiger partial charge < -0.3 is 29.0 Å². The van der Waals surface area contributed by atoms with Gasteiger partial charge in [-0.3, -0.25) is 0 Å². The summed E-state index contributed by atoms with van der Waals surface area (Å²) in [5.41, 5.74) is 3.25. The molecule has 1 saturated heterocycles. The van der Waals surface area contributed by atoms with Crippen molar-refractivity contribution >= 4 is 16.9 Å². The minimum atomic E-state index is -0.915. The summed E-state index contributed by atoms with van der Waals surface area (Å²) in [5.74, 6) is 1.58. The van der Waals surface area contributed by atoms with Crippen molar-refractivity contribution in [1.29, 1.82) is 0 Å². The highest BCUT2D eigenvalue weighted by atomic mass is 16.6. The van der Waals surface area contributed by atoms with Crippen LogP contribution in [0.25, 0.3) is 10.8 Å². The van der Waals surface area contributed by atoms with Crippen molar-refractivity contribution in [3.05, 3.63) is 144 Å². The summed E-state index contributed by atoms with van der Waals surface area (Å²) in [6.45, 7) is 2.35. The minimum Gasteiger partial charge on any atom is -0.491 e. The summed E-state index contributed by atoms with van der Waals surface area (Å²) in [7, 11) is 0. The molecule has 3 atom stereocenters. The van der Waals surface area contributed by atoms with Crippen molar-refractivity contribution < 1.29 is 28.8 Å². The molecule has 1 amide bonds. The maximum absolute atomic E-state index is 11.8. The van der Waals surface area contributed by atoms with Gasteiger partial charge in [0.05, 0.1) is 25.9 Å².